The van der Waals surface area contributed by atoms with Crippen LogP contribution < -0.4 is 10.6 Å². The number of hydrogen-bond donors (Lipinski definition) is 3. The van der Waals surface area contributed by atoms with Gasteiger partial charge in [0.25, 0.3) is 0 Å². The predicted octanol–water partition coefficient (Wildman–Crippen LogP) is 2.61. The number of urea groups is 1. The fraction of sp³-hybridized carbons (Fsp3) is 0.867. The van der Waals surface area contributed by atoms with Crippen LogP contribution in [0.2, 0.25) is 0 Å². The first kappa shape index (κ1) is 16.8. The molecule has 0 aromatic carbocycles. The van der Waals surface area contributed by atoms with E-state index in [1.165, 1.54) is 0 Å². The molecule has 116 valence electrons. The average Bonchev–Trinajstić information content (AvgIpc) is 2.68. The molecule has 1 aliphatic rings. The molecule has 0 heterocycles. The summed E-state index contributed by atoms with van der Waals surface area (Å²) < 4.78 is 0. The van der Waals surface area contributed by atoms with Crippen LogP contribution in [-0.4, -0.2) is 29.7 Å². The van der Waals surface area contributed by atoms with Crippen molar-refractivity contribution in [3.63, 3.8) is 0 Å². The van der Waals surface area contributed by atoms with Gasteiger partial charge in [0.1, 0.15) is 0 Å². The number of nitrogens with one attached hydrogen (secondary N) is 2. The molecule has 0 aromatic rings. The normalized spacial score (nSPS) is 27.9. The van der Waals surface area contributed by atoms with E-state index in [0.717, 1.165) is 12.8 Å². The smallest absolute Gasteiger partial charge is 0.315 e. The second kappa shape index (κ2) is 6.02. The summed E-state index contributed by atoms with van der Waals surface area (Å²) in [5.41, 5.74) is -0.705. The Bertz CT molecular complexity index is 376. The minimum absolute atomic E-state index is 0.135. The molecule has 5 nitrogen and oxygen atoms in total. The Morgan fingerprint density at radius 2 is 2.00 bits per heavy atom. The molecule has 0 bridgehead atoms. The summed E-state index contributed by atoms with van der Waals surface area (Å²) in [7, 11) is 0. The zero-order valence-corrected chi connectivity index (χ0v) is 13.2. The van der Waals surface area contributed by atoms with E-state index in [1.807, 2.05) is 0 Å². The molecule has 1 fully saturated rings. The van der Waals surface area contributed by atoms with Gasteiger partial charge in [0.05, 0.1) is 5.41 Å². The molecule has 5 heteroatoms. The number of rotatable bonds is 4. The maximum absolute atomic E-state index is 11.9. The SMILES string of the molecule is CC(CNC(=O)NC1CCCC1(C)C(=O)O)C(C)(C)C. The lowest BCUT2D eigenvalue weighted by molar-refractivity contribution is -0.148. The van der Waals surface area contributed by atoms with Crippen molar-refractivity contribution in [2.45, 2.75) is 59.9 Å². The van der Waals surface area contributed by atoms with Crippen molar-refractivity contribution in [2.24, 2.45) is 16.7 Å². The lowest BCUT2D eigenvalue weighted by Crippen LogP contribution is -2.51. The number of carbonyl (C=O) groups excluding carboxylic acids is 1. The summed E-state index contributed by atoms with van der Waals surface area (Å²) in [4.78, 5) is 23.3. The van der Waals surface area contributed by atoms with E-state index >= 15 is 0 Å². The van der Waals surface area contributed by atoms with Crippen LogP contribution in [0.25, 0.3) is 0 Å². The zero-order chi connectivity index (χ0) is 15.6. The van der Waals surface area contributed by atoms with E-state index in [4.69, 9.17) is 0 Å². The highest BCUT2D eigenvalue weighted by molar-refractivity contribution is 5.79. The average molecular weight is 284 g/mol. The highest BCUT2D eigenvalue weighted by Gasteiger charge is 2.45. The first-order valence-electron chi connectivity index (χ1n) is 7.35. The fourth-order valence-corrected chi connectivity index (χ4v) is 2.41. The van der Waals surface area contributed by atoms with Crippen LogP contribution in [-0.2, 0) is 4.79 Å². The first-order valence-corrected chi connectivity index (χ1v) is 7.35. The molecule has 0 radical (unpaired) electrons. The third-order valence-corrected chi connectivity index (χ3v) is 4.80. The highest BCUT2D eigenvalue weighted by atomic mass is 16.4. The minimum atomic E-state index is -0.840. The molecular weight excluding hydrogens is 256 g/mol. The first-order chi connectivity index (χ1) is 9.07. The second-order valence-corrected chi connectivity index (χ2v) is 7.29. The van der Waals surface area contributed by atoms with Gasteiger partial charge in [0.2, 0.25) is 0 Å². The van der Waals surface area contributed by atoms with Gasteiger partial charge in [-0.2, -0.15) is 0 Å². The Morgan fingerprint density at radius 1 is 1.40 bits per heavy atom. The van der Waals surface area contributed by atoms with Crippen LogP contribution in [0.5, 0.6) is 0 Å². The van der Waals surface area contributed by atoms with Gasteiger partial charge in [0.15, 0.2) is 0 Å². The Labute approximate surface area is 121 Å². The van der Waals surface area contributed by atoms with Crippen molar-refractivity contribution in [3.05, 3.63) is 0 Å². The van der Waals surface area contributed by atoms with Gasteiger partial charge in [-0.15, -0.1) is 0 Å². The molecule has 0 spiro atoms. The van der Waals surface area contributed by atoms with Crippen LogP contribution in [0.1, 0.15) is 53.9 Å². The number of carboxylic acid groups (broad SMARTS) is 1. The molecule has 20 heavy (non-hydrogen) atoms. The monoisotopic (exact) mass is 284 g/mol. The van der Waals surface area contributed by atoms with Gasteiger partial charge in [-0.25, -0.2) is 4.79 Å². The Kier molecular flexibility index (Phi) is 5.05. The van der Waals surface area contributed by atoms with Crippen LogP contribution in [0.15, 0.2) is 0 Å². The van der Waals surface area contributed by atoms with E-state index in [2.05, 4.69) is 38.3 Å². The Hall–Kier alpha value is -1.26. The maximum atomic E-state index is 11.9. The minimum Gasteiger partial charge on any atom is -0.481 e. The molecule has 1 aliphatic carbocycles. The largest absolute Gasteiger partial charge is 0.481 e. The molecule has 1 rings (SSSR count). The number of hydrogen-bond acceptors (Lipinski definition) is 2. The van der Waals surface area contributed by atoms with Crippen molar-refractivity contribution in [1.29, 1.82) is 0 Å². The van der Waals surface area contributed by atoms with Crippen molar-refractivity contribution in [3.8, 4) is 0 Å². The van der Waals surface area contributed by atoms with Crippen molar-refractivity contribution in [2.75, 3.05) is 6.54 Å². The van der Waals surface area contributed by atoms with Crippen LogP contribution in [0.3, 0.4) is 0 Å². The number of carbonyl (C=O) groups is 2. The van der Waals surface area contributed by atoms with Gasteiger partial charge in [0, 0.05) is 12.6 Å². The molecule has 2 amide bonds. The topological polar surface area (TPSA) is 78.4 Å². The van der Waals surface area contributed by atoms with Crippen molar-refractivity contribution < 1.29 is 14.7 Å². The van der Waals surface area contributed by atoms with E-state index in [0.29, 0.717) is 18.9 Å². The summed E-state index contributed by atoms with van der Waals surface area (Å²) in [6, 6.07) is -0.551. The lowest BCUT2D eigenvalue weighted by Gasteiger charge is -2.30. The molecular formula is C15H28N2O3. The maximum Gasteiger partial charge on any atom is 0.315 e. The number of aliphatic carboxylic acids is 1. The van der Waals surface area contributed by atoms with Gasteiger partial charge < -0.3 is 15.7 Å². The summed E-state index contributed by atoms with van der Waals surface area (Å²) in [5, 5.41) is 15.0. The van der Waals surface area contributed by atoms with E-state index in [-0.39, 0.29) is 17.5 Å². The molecule has 3 atom stereocenters. The van der Waals surface area contributed by atoms with Crippen LogP contribution >= 0.6 is 0 Å². The second-order valence-electron chi connectivity index (χ2n) is 7.29. The highest BCUT2D eigenvalue weighted by Crippen LogP contribution is 2.38. The van der Waals surface area contributed by atoms with Gasteiger partial charge in [-0.05, 0) is 31.1 Å². The summed E-state index contributed by atoms with van der Waals surface area (Å²) in [6.07, 6.45) is 2.18. The summed E-state index contributed by atoms with van der Waals surface area (Å²) in [6.45, 7) is 10.8. The van der Waals surface area contributed by atoms with E-state index in [9.17, 15) is 14.7 Å². The Balaban J connectivity index is 2.49. The summed E-state index contributed by atoms with van der Waals surface area (Å²) >= 11 is 0. The Morgan fingerprint density at radius 3 is 2.50 bits per heavy atom. The third kappa shape index (κ3) is 3.87. The molecule has 1 saturated carbocycles. The van der Waals surface area contributed by atoms with Crippen LogP contribution in [0.4, 0.5) is 4.79 Å². The van der Waals surface area contributed by atoms with Crippen LogP contribution in [0, 0.1) is 16.7 Å². The van der Waals surface area contributed by atoms with Gasteiger partial charge in [-0.1, -0.05) is 34.1 Å². The quantitative estimate of drug-likeness (QED) is 0.742. The van der Waals surface area contributed by atoms with E-state index in [1.54, 1.807) is 6.92 Å². The molecule has 0 saturated heterocycles. The van der Waals surface area contributed by atoms with Crippen molar-refractivity contribution in [1.82, 2.24) is 10.6 Å². The molecule has 3 unspecified atom stereocenters. The fourth-order valence-electron chi connectivity index (χ4n) is 2.41. The van der Waals surface area contributed by atoms with Crippen molar-refractivity contribution >= 4 is 12.0 Å². The molecule has 3 N–H and O–H groups in total. The van der Waals surface area contributed by atoms with Gasteiger partial charge in [-0.3, -0.25) is 4.79 Å². The summed E-state index contributed by atoms with van der Waals surface area (Å²) in [5.74, 6) is -0.481. The number of carboxylic acids is 1. The van der Waals surface area contributed by atoms with E-state index < -0.39 is 11.4 Å². The number of amides is 2. The predicted molar refractivity (Wildman–Crippen MR) is 78.5 cm³/mol. The molecule has 0 aromatic heterocycles. The van der Waals surface area contributed by atoms with Gasteiger partial charge >= 0.3 is 12.0 Å². The zero-order valence-electron chi connectivity index (χ0n) is 13.2. The lowest BCUT2D eigenvalue weighted by atomic mass is 9.82. The standard InChI is InChI=1S/C15H28N2O3/c1-10(14(2,3)4)9-16-13(20)17-11-7-6-8-15(11,5)12(18)19/h10-11H,6-9H2,1-5H3,(H,18,19)(H2,16,17,20). The molecule has 0 aliphatic heterocycles. The third-order valence-electron chi connectivity index (χ3n) is 4.80.